The molecule has 7 heteroatoms. The summed E-state index contributed by atoms with van der Waals surface area (Å²) >= 11 is 1.45. The Bertz CT molecular complexity index is 921. The van der Waals surface area contributed by atoms with Crippen LogP contribution in [0.2, 0.25) is 0 Å². The number of methoxy groups -OCH3 is 1. The molecule has 0 unspecified atom stereocenters. The van der Waals surface area contributed by atoms with E-state index in [-0.39, 0.29) is 11.9 Å². The summed E-state index contributed by atoms with van der Waals surface area (Å²) in [5.74, 6) is 0.451. The van der Waals surface area contributed by atoms with Gasteiger partial charge in [-0.2, -0.15) is 0 Å². The van der Waals surface area contributed by atoms with Gasteiger partial charge in [0.15, 0.2) is 5.13 Å². The number of carbonyl (C=O) groups is 1. The Kier molecular flexibility index (Phi) is 4.85. The molecule has 0 aliphatic rings. The van der Waals surface area contributed by atoms with Crippen LogP contribution in [-0.2, 0) is 4.79 Å². The lowest BCUT2D eigenvalue weighted by atomic mass is 10.1. The molecule has 6 nitrogen and oxygen atoms in total. The number of aromatic nitrogens is 2. The zero-order valence-corrected chi connectivity index (χ0v) is 15.4. The number of rotatable bonds is 5. The van der Waals surface area contributed by atoms with Crippen molar-refractivity contribution >= 4 is 38.3 Å². The van der Waals surface area contributed by atoms with E-state index in [9.17, 15) is 4.79 Å². The maximum Gasteiger partial charge on any atom is 0.237 e. The highest BCUT2D eigenvalue weighted by Gasteiger charge is 2.11. The van der Waals surface area contributed by atoms with E-state index in [0.717, 1.165) is 27.0 Å². The summed E-state index contributed by atoms with van der Waals surface area (Å²) in [5, 5.41) is 6.69. The second-order valence-electron chi connectivity index (χ2n) is 5.96. The van der Waals surface area contributed by atoms with Gasteiger partial charge in [0.2, 0.25) is 11.8 Å². The molecule has 1 amide bonds. The quantitative estimate of drug-likeness (QED) is 0.718. The van der Waals surface area contributed by atoms with Gasteiger partial charge in [0, 0.05) is 24.7 Å². The summed E-state index contributed by atoms with van der Waals surface area (Å²) in [7, 11) is 1.61. The fraction of sp³-hybridized carbons (Fsp3) is 0.278. The number of amides is 1. The number of ether oxygens (including phenoxy) is 1. The normalized spacial score (nSPS) is 10.9. The molecule has 0 spiro atoms. The third-order valence-corrected chi connectivity index (χ3v) is 4.43. The first-order valence-corrected chi connectivity index (χ1v) is 8.77. The molecule has 3 rings (SSSR count). The second kappa shape index (κ2) is 7.06. The Morgan fingerprint density at radius 1 is 1.24 bits per heavy atom. The predicted molar refractivity (Wildman–Crippen MR) is 102 cm³/mol. The van der Waals surface area contributed by atoms with Gasteiger partial charge in [-0.25, -0.2) is 9.97 Å². The van der Waals surface area contributed by atoms with Gasteiger partial charge in [0.05, 0.1) is 23.0 Å². The molecule has 130 valence electrons. The second-order valence-corrected chi connectivity index (χ2v) is 6.99. The number of anilines is 2. The van der Waals surface area contributed by atoms with Crippen LogP contribution in [-0.4, -0.2) is 29.0 Å². The highest BCUT2D eigenvalue weighted by molar-refractivity contribution is 7.22. The Morgan fingerprint density at radius 2 is 2.04 bits per heavy atom. The van der Waals surface area contributed by atoms with Crippen LogP contribution in [0.4, 0.5) is 10.8 Å². The van der Waals surface area contributed by atoms with Crippen LogP contribution in [0.3, 0.4) is 0 Å². The molecular formula is C18H20N4O2S. The van der Waals surface area contributed by atoms with Crippen molar-refractivity contribution < 1.29 is 9.53 Å². The Morgan fingerprint density at radius 3 is 2.72 bits per heavy atom. The van der Waals surface area contributed by atoms with Gasteiger partial charge in [0.25, 0.3) is 0 Å². The van der Waals surface area contributed by atoms with Gasteiger partial charge in [-0.15, -0.1) is 0 Å². The molecule has 3 aromatic rings. The summed E-state index contributed by atoms with van der Waals surface area (Å²) in [6.07, 6.45) is 1.79. The average Bonchev–Trinajstić information content (AvgIpc) is 2.94. The van der Waals surface area contributed by atoms with Crippen LogP contribution in [0.1, 0.15) is 20.8 Å². The Labute approximate surface area is 150 Å². The number of hydrogen-bond donors (Lipinski definition) is 2. The molecule has 0 aliphatic heterocycles. The zero-order chi connectivity index (χ0) is 18.0. The van der Waals surface area contributed by atoms with E-state index in [1.165, 1.54) is 18.3 Å². The van der Waals surface area contributed by atoms with E-state index in [2.05, 4.69) is 40.5 Å². The summed E-state index contributed by atoms with van der Waals surface area (Å²) in [5.41, 5.74) is 3.74. The zero-order valence-electron chi connectivity index (χ0n) is 14.6. The van der Waals surface area contributed by atoms with Gasteiger partial charge in [-0.1, -0.05) is 17.4 Å². The van der Waals surface area contributed by atoms with E-state index in [0.29, 0.717) is 11.0 Å². The minimum Gasteiger partial charge on any atom is -0.480 e. The van der Waals surface area contributed by atoms with E-state index in [1.807, 2.05) is 18.2 Å². The Hall–Kier alpha value is -2.67. The van der Waals surface area contributed by atoms with Crippen molar-refractivity contribution in [2.75, 3.05) is 17.7 Å². The fourth-order valence-corrected chi connectivity index (χ4v) is 3.45. The minimum atomic E-state index is -0.122. The van der Waals surface area contributed by atoms with Gasteiger partial charge < -0.3 is 15.4 Å². The van der Waals surface area contributed by atoms with Crippen LogP contribution in [0.5, 0.6) is 5.88 Å². The van der Waals surface area contributed by atoms with E-state index >= 15 is 0 Å². The number of hydrogen-bond acceptors (Lipinski definition) is 6. The van der Waals surface area contributed by atoms with Crippen LogP contribution < -0.4 is 15.4 Å². The summed E-state index contributed by atoms with van der Waals surface area (Å²) < 4.78 is 6.34. The minimum absolute atomic E-state index is 0.122. The van der Waals surface area contributed by atoms with Gasteiger partial charge >= 0.3 is 0 Å². The lowest BCUT2D eigenvalue weighted by Crippen LogP contribution is -2.11. The maximum atomic E-state index is 11.2. The third kappa shape index (κ3) is 3.88. The van der Waals surface area contributed by atoms with Crippen molar-refractivity contribution in [2.24, 2.45) is 0 Å². The number of nitrogens with one attached hydrogen (secondary N) is 2. The summed E-state index contributed by atoms with van der Waals surface area (Å²) in [4.78, 5) is 20.0. The summed E-state index contributed by atoms with van der Waals surface area (Å²) in [6.45, 7) is 5.61. The van der Waals surface area contributed by atoms with Crippen LogP contribution in [0, 0.1) is 0 Å². The smallest absolute Gasteiger partial charge is 0.237 e. The number of thiazole rings is 1. The highest BCUT2D eigenvalue weighted by atomic mass is 32.1. The molecule has 0 atom stereocenters. The average molecular weight is 356 g/mol. The van der Waals surface area contributed by atoms with Crippen LogP contribution >= 0.6 is 11.3 Å². The van der Waals surface area contributed by atoms with E-state index in [4.69, 9.17) is 4.74 Å². The lowest BCUT2D eigenvalue weighted by Gasteiger charge is -2.14. The van der Waals surface area contributed by atoms with Gasteiger partial charge in [-0.05, 0) is 37.6 Å². The molecule has 25 heavy (non-hydrogen) atoms. The third-order valence-electron chi connectivity index (χ3n) is 3.49. The lowest BCUT2D eigenvalue weighted by molar-refractivity contribution is -0.114. The molecule has 2 N–H and O–H groups in total. The SMILES string of the molecule is COc1ncc(-c2ccc3nc(NC(C)=O)sc3c2)cc1NC(C)C. The van der Waals surface area contributed by atoms with Crippen LogP contribution in [0.15, 0.2) is 30.5 Å². The van der Waals surface area contributed by atoms with Crippen molar-refractivity contribution in [1.29, 1.82) is 0 Å². The van der Waals surface area contributed by atoms with E-state index < -0.39 is 0 Å². The molecule has 1 aromatic carbocycles. The largest absolute Gasteiger partial charge is 0.480 e. The van der Waals surface area contributed by atoms with Crippen molar-refractivity contribution in [3.05, 3.63) is 30.5 Å². The molecule has 0 saturated heterocycles. The van der Waals surface area contributed by atoms with Crippen molar-refractivity contribution in [3.8, 4) is 17.0 Å². The fourth-order valence-electron chi connectivity index (χ4n) is 2.50. The highest BCUT2D eigenvalue weighted by Crippen LogP contribution is 2.33. The molecule has 2 heterocycles. The van der Waals surface area contributed by atoms with Crippen molar-refractivity contribution in [2.45, 2.75) is 26.8 Å². The predicted octanol–water partition coefficient (Wildman–Crippen LogP) is 4.15. The Balaban J connectivity index is 1.99. The van der Waals surface area contributed by atoms with Gasteiger partial charge in [0.1, 0.15) is 0 Å². The topological polar surface area (TPSA) is 76.1 Å². The van der Waals surface area contributed by atoms with Crippen LogP contribution in [0.25, 0.3) is 21.3 Å². The molecule has 0 bridgehead atoms. The molecule has 0 radical (unpaired) electrons. The van der Waals surface area contributed by atoms with Crippen molar-refractivity contribution in [1.82, 2.24) is 9.97 Å². The molecule has 0 fully saturated rings. The standard InChI is InChI=1S/C18H20N4O2S/c1-10(2)20-15-7-13(9-19-17(15)24-4)12-5-6-14-16(8-12)25-18(22-14)21-11(3)23/h5-10,20H,1-4H3,(H,21,22,23). The number of carbonyl (C=O) groups excluding carboxylic acids is 1. The number of benzene rings is 1. The number of pyridine rings is 1. The van der Waals surface area contributed by atoms with Gasteiger partial charge in [-0.3, -0.25) is 4.79 Å². The first-order valence-electron chi connectivity index (χ1n) is 7.95. The van der Waals surface area contributed by atoms with Crippen molar-refractivity contribution in [3.63, 3.8) is 0 Å². The number of nitrogens with zero attached hydrogens (tertiary/aromatic N) is 2. The molecule has 0 aliphatic carbocycles. The summed E-state index contributed by atoms with van der Waals surface area (Å²) in [6, 6.07) is 8.31. The monoisotopic (exact) mass is 356 g/mol. The first kappa shape index (κ1) is 17.2. The first-order chi connectivity index (χ1) is 12.0. The van der Waals surface area contributed by atoms with E-state index in [1.54, 1.807) is 13.3 Å². The maximum absolute atomic E-state index is 11.2. The molecule has 2 aromatic heterocycles. The molecule has 0 saturated carbocycles. The number of fused-ring (bicyclic) bond motifs is 1. The molecular weight excluding hydrogens is 336 g/mol.